The molecule has 14 heavy (non-hydrogen) atoms. The van der Waals surface area contributed by atoms with Crippen molar-refractivity contribution in [1.29, 1.82) is 0 Å². The summed E-state index contributed by atoms with van der Waals surface area (Å²) >= 11 is 0. The summed E-state index contributed by atoms with van der Waals surface area (Å²) < 4.78 is 1.70. The first-order valence-corrected chi connectivity index (χ1v) is 4.78. The van der Waals surface area contributed by atoms with Crippen molar-refractivity contribution in [2.75, 3.05) is 6.54 Å². The Morgan fingerprint density at radius 3 is 3.07 bits per heavy atom. The van der Waals surface area contributed by atoms with Crippen molar-refractivity contribution in [2.24, 2.45) is 0 Å². The Morgan fingerprint density at radius 1 is 1.64 bits per heavy atom. The summed E-state index contributed by atoms with van der Waals surface area (Å²) in [5.41, 5.74) is 0.248. The van der Waals surface area contributed by atoms with Crippen molar-refractivity contribution in [2.45, 2.75) is 25.4 Å². The molecule has 1 aromatic heterocycles. The highest BCUT2D eigenvalue weighted by Crippen LogP contribution is 2.16. The van der Waals surface area contributed by atoms with Crippen LogP contribution >= 0.6 is 0 Å². The first-order valence-electron chi connectivity index (χ1n) is 4.78. The van der Waals surface area contributed by atoms with Gasteiger partial charge >= 0.3 is 5.97 Å². The van der Waals surface area contributed by atoms with Crippen LogP contribution in [-0.4, -0.2) is 27.4 Å². The van der Waals surface area contributed by atoms with Gasteiger partial charge in [0.05, 0.1) is 11.8 Å². The molecule has 1 atom stereocenters. The molecule has 0 spiro atoms. The number of aromatic nitrogens is 2. The van der Waals surface area contributed by atoms with E-state index >= 15 is 0 Å². The van der Waals surface area contributed by atoms with Gasteiger partial charge in [-0.3, -0.25) is 10.00 Å². The highest BCUT2D eigenvalue weighted by atomic mass is 16.4. The molecule has 1 fully saturated rings. The zero-order valence-electron chi connectivity index (χ0n) is 7.81. The number of carboxylic acid groups (broad SMARTS) is 1. The average Bonchev–Trinajstić information content (AvgIpc) is 2.68. The summed E-state index contributed by atoms with van der Waals surface area (Å²) in [6, 6.07) is 0. The van der Waals surface area contributed by atoms with Gasteiger partial charge in [0.15, 0.2) is 0 Å². The second-order valence-electron chi connectivity index (χ2n) is 3.48. The van der Waals surface area contributed by atoms with E-state index < -0.39 is 5.97 Å². The van der Waals surface area contributed by atoms with E-state index in [0.717, 1.165) is 13.0 Å². The molecule has 0 aromatic carbocycles. The van der Waals surface area contributed by atoms with Crippen molar-refractivity contribution >= 4 is 5.97 Å². The van der Waals surface area contributed by atoms with Crippen LogP contribution in [-0.2, 0) is 0 Å². The summed E-state index contributed by atoms with van der Waals surface area (Å²) in [5.74, 6) is -0.924. The molecule has 1 aromatic rings. The van der Waals surface area contributed by atoms with Gasteiger partial charge in [0, 0.05) is 6.20 Å². The van der Waals surface area contributed by atoms with Gasteiger partial charge in [-0.1, -0.05) is 0 Å². The largest absolute Gasteiger partial charge is 0.478 e. The van der Waals surface area contributed by atoms with E-state index in [1.54, 1.807) is 10.9 Å². The molecule has 2 heterocycles. The van der Waals surface area contributed by atoms with Gasteiger partial charge in [0.1, 0.15) is 6.17 Å². The Morgan fingerprint density at radius 2 is 2.50 bits per heavy atom. The van der Waals surface area contributed by atoms with Crippen LogP contribution in [0.1, 0.15) is 35.8 Å². The maximum Gasteiger partial charge on any atom is 0.338 e. The fraction of sp³-hybridized carbons (Fsp3) is 0.556. The lowest BCUT2D eigenvalue weighted by Gasteiger charge is -2.23. The minimum Gasteiger partial charge on any atom is -0.478 e. The van der Waals surface area contributed by atoms with Crippen LogP contribution in [0.25, 0.3) is 0 Å². The van der Waals surface area contributed by atoms with Crippen LogP contribution in [0.15, 0.2) is 12.4 Å². The van der Waals surface area contributed by atoms with E-state index in [4.69, 9.17) is 5.11 Å². The topological polar surface area (TPSA) is 67.1 Å². The van der Waals surface area contributed by atoms with E-state index in [2.05, 4.69) is 10.4 Å². The van der Waals surface area contributed by atoms with Gasteiger partial charge < -0.3 is 5.11 Å². The van der Waals surface area contributed by atoms with Gasteiger partial charge in [-0.05, 0) is 25.8 Å². The fourth-order valence-corrected chi connectivity index (χ4v) is 1.68. The monoisotopic (exact) mass is 195 g/mol. The Kier molecular flexibility index (Phi) is 2.49. The first-order chi connectivity index (χ1) is 6.77. The maximum absolute atomic E-state index is 10.6. The molecule has 1 unspecified atom stereocenters. The van der Waals surface area contributed by atoms with Crippen molar-refractivity contribution in [1.82, 2.24) is 15.1 Å². The van der Waals surface area contributed by atoms with Crippen LogP contribution in [0.3, 0.4) is 0 Å². The zero-order valence-corrected chi connectivity index (χ0v) is 7.81. The number of aromatic carboxylic acids is 1. The molecule has 5 heteroatoms. The van der Waals surface area contributed by atoms with Gasteiger partial charge in [-0.25, -0.2) is 4.79 Å². The maximum atomic E-state index is 10.6. The van der Waals surface area contributed by atoms with Crippen molar-refractivity contribution in [3.05, 3.63) is 18.0 Å². The molecular weight excluding hydrogens is 182 g/mol. The predicted octanol–water partition coefficient (Wildman–Crippen LogP) is 0.853. The lowest BCUT2D eigenvalue weighted by molar-refractivity contribution is 0.0696. The molecule has 1 aliphatic heterocycles. The van der Waals surface area contributed by atoms with Gasteiger partial charge in [-0.2, -0.15) is 5.10 Å². The average molecular weight is 195 g/mol. The molecule has 2 rings (SSSR count). The summed E-state index contributed by atoms with van der Waals surface area (Å²) in [4.78, 5) is 10.6. The number of rotatable bonds is 2. The van der Waals surface area contributed by atoms with Crippen molar-refractivity contribution < 1.29 is 9.90 Å². The van der Waals surface area contributed by atoms with Crippen LogP contribution < -0.4 is 5.32 Å². The Hall–Kier alpha value is -1.36. The SMILES string of the molecule is O=C(O)c1cnn(C2CCCCN2)c1. The minimum atomic E-state index is -0.924. The molecule has 0 aliphatic carbocycles. The van der Waals surface area contributed by atoms with E-state index in [1.165, 1.54) is 19.0 Å². The third kappa shape index (κ3) is 1.77. The number of piperidine rings is 1. The molecule has 0 amide bonds. The van der Waals surface area contributed by atoms with Crippen LogP contribution in [0.2, 0.25) is 0 Å². The van der Waals surface area contributed by atoms with Crippen LogP contribution in [0.4, 0.5) is 0 Å². The number of hydrogen-bond donors (Lipinski definition) is 2. The Balaban J connectivity index is 2.11. The summed E-state index contributed by atoms with van der Waals surface area (Å²) in [6.07, 6.45) is 6.49. The second kappa shape index (κ2) is 3.79. The lowest BCUT2D eigenvalue weighted by atomic mass is 10.1. The van der Waals surface area contributed by atoms with Gasteiger partial charge in [-0.15, -0.1) is 0 Å². The number of carboxylic acids is 1. The van der Waals surface area contributed by atoms with E-state index in [9.17, 15) is 4.79 Å². The molecular formula is C9H13N3O2. The minimum absolute atomic E-state index is 0.164. The zero-order chi connectivity index (χ0) is 9.97. The molecule has 1 aliphatic rings. The molecule has 0 radical (unpaired) electrons. The highest BCUT2D eigenvalue weighted by Gasteiger charge is 2.16. The predicted molar refractivity (Wildman–Crippen MR) is 50.1 cm³/mol. The highest BCUT2D eigenvalue weighted by molar-refractivity contribution is 5.86. The lowest BCUT2D eigenvalue weighted by Crippen LogP contribution is -2.31. The van der Waals surface area contributed by atoms with Crippen LogP contribution in [0, 0.1) is 0 Å². The molecule has 0 bridgehead atoms. The summed E-state index contributed by atoms with van der Waals surface area (Å²) in [6.45, 7) is 0.979. The van der Waals surface area contributed by atoms with E-state index in [-0.39, 0.29) is 11.7 Å². The molecule has 0 saturated carbocycles. The Labute approximate surface area is 81.7 Å². The standard InChI is InChI=1S/C9H13N3O2/c13-9(14)7-5-11-12(6-7)8-3-1-2-4-10-8/h5-6,8,10H,1-4H2,(H,13,14). The second-order valence-corrected chi connectivity index (χ2v) is 3.48. The normalized spacial score (nSPS) is 22.1. The first kappa shape index (κ1) is 9.21. The van der Waals surface area contributed by atoms with Gasteiger partial charge in [0.2, 0.25) is 0 Å². The quantitative estimate of drug-likeness (QED) is 0.734. The smallest absolute Gasteiger partial charge is 0.338 e. The van der Waals surface area contributed by atoms with Crippen molar-refractivity contribution in [3.8, 4) is 0 Å². The number of hydrogen-bond acceptors (Lipinski definition) is 3. The number of nitrogens with one attached hydrogen (secondary N) is 1. The number of nitrogens with zero attached hydrogens (tertiary/aromatic N) is 2. The molecule has 1 saturated heterocycles. The fourth-order valence-electron chi connectivity index (χ4n) is 1.68. The number of carbonyl (C=O) groups is 1. The molecule has 76 valence electrons. The summed E-state index contributed by atoms with van der Waals surface area (Å²) in [5, 5.41) is 16.1. The third-order valence-corrected chi connectivity index (χ3v) is 2.45. The van der Waals surface area contributed by atoms with Crippen molar-refractivity contribution in [3.63, 3.8) is 0 Å². The molecule has 5 nitrogen and oxygen atoms in total. The Bertz CT molecular complexity index is 329. The molecule has 2 N–H and O–H groups in total. The van der Waals surface area contributed by atoms with E-state index in [0.29, 0.717) is 0 Å². The van der Waals surface area contributed by atoms with E-state index in [1.807, 2.05) is 0 Å². The van der Waals surface area contributed by atoms with Gasteiger partial charge in [0.25, 0.3) is 0 Å². The summed E-state index contributed by atoms with van der Waals surface area (Å²) in [7, 11) is 0. The third-order valence-electron chi connectivity index (χ3n) is 2.45. The van der Waals surface area contributed by atoms with Crippen LogP contribution in [0.5, 0.6) is 0 Å².